The van der Waals surface area contributed by atoms with Crippen LogP contribution < -0.4 is 9.47 Å². The van der Waals surface area contributed by atoms with Crippen molar-refractivity contribution in [2.75, 3.05) is 13.7 Å². The summed E-state index contributed by atoms with van der Waals surface area (Å²) in [7, 11) is 1.53. The first-order chi connectivity index (χ1) is 9.60. The molecular weight excluding hydrogens is 266 g/mol. The molecule has 0 unspecified atom stereocenters. The van der Waals surface area contributed by atoms with E-state index in [0.717, 1.165) is 18.2 Å². The topological polar surface area (TPSA) is 35.5 Å². The zero-order valence-electron chi connectivity index (χ0n) is 10.7. The van der Waals surface area contributed by atoms with Gasteiger partial charge >= 0.3 is 0 Å². The van der Waals surface area contributed by atoms with E-state index >= 15 is 0 Å². The normalized spacial score (nSPS) is 10.2. The highest BCUT2D eigenvalue weighted by Gasteiger charge is 2.13. The Kier molecular flexibility index (Phi) is 4.30. The Hall–Kier alpha value is -2.43. The fourth-order valence-electron chi connectivity index (χ4n) is 1.61. The predicted octanol–water partition coefficient (Wildman–Crippen LogP) is 3.24. The van der Waals surface area contributed by atoms with Crippen LogP contribution in [0, 0.1) is 11.6 Å². The minimum Gasteiger partial charge on any atom is -0.497 e. The molecule has 0 bridgehead atoms. The molecule has 0 saturated carbocycles. The highest BCUT2D eigenvalue weighted by Crippen LogP contribution is 2.17. The molecule has 0 spiro atoms. The van der Waals surface area contributed by atoms with Gasteiger partial charge in [0, 0.05) is 0 Å². The Bertz CT molecular complexity index is 609. The third kappa shape index (κ3) is 3.32. The van der Waals surface area contributed by atoms with Crippen molar-refractivity contribution in [2.24, 2.45) is 0 Å². The number of hydrogen-bond acceptors (Lipinski definition) is 3. The first-order valence-electron chi connectivity index (χ1n) is 5.85. The van der Waals surface area contributed by atoms with Crippen molar-refractivity contribution in [1.29, 1.82) is 0 Å². The molecule has 2 aromatic carbocycles. The van der Waals surface area contributed by atoms with Crippen LogP contribution in [0.25, 0.3) is 0 Å². The molecule has 0 aliphatic rings. The molecule has 3 nitrogen and oxygen atoms in total. The van der Waals surface area contributed by atoms with Crippen molar-refractivity contribution in [3.8, 4) is 11.5 Å². The number of rotatable bonds is 5. The number of ether oxygens (including phenoxy) is 2. The van der Waals surface area contributed by atoms with Crippen LogP contribution in [0.3, 0.4) is 0 Å². The molecule has 0 atom stereocenters. The van der Waals surface area contributed by atoms with E-state index in [4.69, 9.17) is 9.47 Å². The maximum absolute atomic E-state index is 13.4. The van der Waals surface area contributed by atoms with E-state index < -0.39 is 17.4 Å². The lowest BCUT2D eigenvalue weighted by Crippen LogP contribution is -2.13. The van der Waals surface area contributed by atoms with E-state index in [1.165, 1.54) is 7.11 Å². The number of methoxy groups -OCH3 is 1. The van der Waals surface area contributed by atoms with Gasteiger partial charge in [0.1, 0.15) is 23.1 Å². The summed E-state index contributed by atoms with van der Waals surface area (Å²) in [6, 6.07) is 9.30. The van der Waals surface area contributed by atoms with Crippen LogP contribution in [0.2, 0.25) is 0 Å². The van der Waals surface area contributed by atoms with Gasteiger partial charge in [-0.05, 0) is 42.5 Å². The number of ketones is 1. The first kappa shape index (κ1) is 14.0. The molecule has 2 rings (SSSR count). The highest BCUT2D eigenvalue weighted by atomic mass is 19.1. The van der Waals surface area contributed by atoms with Crippen LogP contribution in [0.5, 0.6) is 11.5 Å². The highest BCUT2D eigenvalue weighted by molar-refractivity contribution is 5.97. The predicted molar refractivity (Wildman–Crippen MR) is 69.2 cm³/mol. The molecule has 0 amide bonds. The van der Waals surface area contributed by atoms with Gasteiger partial charge in [0.05, 0.1) is 12.7 Å². The fourth-order valence-corrected chi connectivity index (χ4v) is 1.61. The van der Waals surface area contributed by atoms with Gasteiger partial charge < -0.3 is 9.47 Å². The SMILES string of the molecule is COc1ccc(OCC(=O)c2cc(F)ccc2F)cc1. The summed E-state index contributed by atoms with van der Waals surface area (Å²) in [4.78, 5) is 11.8. The van der Waals surface area contributed by atoms with Crippen LogP contribution >= 0.6 is 0 Å². The van der Waals surface area contributed by atoms with Crippen molar-refractivity contribution in [1.82, 2.24) is 0 Å². The number of carbonyl (C=O) groups excluding carboxylic acids is 1. The maximum Gasteiger partial charge on any atom is 0.203 e. The monoisotopic (exact) mass is 278 g/mol. The average Bonchev–Trinajstić information content (AvgIpc) is 2.47. The largest absolute Gasteiger partial charge is 0.497 e. The van der Waals surface area contributed by atoms with Crippen molar-refractivity contribution in [3.05, 3.63) is 59.7 Å². The molecule has 0 N–H and O–H groups in total. The summed E-state index contributed by atoms with van der Waals surface area (Å²) in [5, 5.41) is 0. The Morgan fingerprint density at radius 3 is 2.35 bits per heavy atom. The summed E-state index contributed by atoms with van der Waals surface area (Å²) in [6.45, 7) is -0.368. The second kappa shape index (κ2) is 6.14. The Balaban J connectivity index is 2.02. The minimum absolute atomic E-state index is 0.321. The van der Waals surface area contributed by atoms with Gasteiger partial charge in [0.15, 0.2) is 6.61 Å². The van der Waals surface area contributed by atoms with Gasteiger partial charge in [0.2, 0.25) is 5.78 Å². The van der Waals surface area contributed by atoms with E-state index in [-0.39, 0.29) is 12.2 Å². The van der Waals surface area contributed by atoms with Crippen LogP contribution in [0.1, 0.15) is 10.4 Å². The van der Waals surface area contributed by atoms with E-state index in [0.29, 0.717) is 11.5 Å². The first-order valence-corrected chi connectivity index (χ1v) is 5.85. The molecule has 0 saturated heterocycles. The third-order valence-corrected chi connectivity index (χ3v) is 2.66. The molecule has 0 aliphatic heterocycles. The number of halogens is 2. The van der Waals surface area contributed by atoms with Gasteiger partial charge in [-0.3, -0.25) is 4.79 Å². The van der Waals surface area contributed by atoms with Gasteiger partial charge in [-0.1, -0.05) is 0 Å². The standard InChI is InChI=1S/C15H12F2O3/c1-19-11-3-5-12(6-4-11)20-9-15(18)13-8-10(16)2-7-14(13)17/h2-8H,9H2,1H3. The van der Waals surface area contributed by atoms with E-state index in [1.807, 2.05) is 0 Å². The Morgan fingerprint density at radius 1 is 1.05 bits per heavy atom. The van der Waals surface area contributed by atoms with Crippen LogP contribution in [-0.4, -0.2) is 19.5 Å². The van der Waals surface area contributed by atoms with Crippen molar-refractivity contribution in [3.63, 3.8) is 0 Å². The molecule has 20 heavy (non-hydrogen) atoms. The van der Waals surface area contributed by atoms with E-state index in [1.54, 1.807) is 24.3 Å². The molecule has 104 valence electrons. The van der Waals surface area contributed by atoms with Crippen molar-refractivity contribution in [2.45, 2.75) is 0 Å². The molecular formula is C15H12F2O3. The van der Waals surface area contributed by atoms with Crippen LogP contribution in [0.15, 0.2) is 42.5 Å². The van der Waals surface area contributed by atoms with E-state index in [9.17, 15) is 13.6 Å². The lowest BCUT2D eigenvalue weighted by atomic mass is 10.1. The van der Waals surface area contributed by atoms with E-state index in [2.05, 4.69) is 0 Å². The zero-order chi connectivity index (χ0) is 14.5. The average molecular weight is 278 g/mol. The maximum atomic E-state index is 13.4. The molecule has 0 aliphatic carbocycles. The quantitative estimate of drug-likeness (QED) is 0.788. The summed E-state index contributed by atoms with van der Waals surface area (Å²) >= 11 is 0. The summed E-state index contributed by atoms with van der Waals surface area (Å²) in [5.74, 6) is -0.970. The summed E-state index contributed by atoms with van der Waals surface area (Å²) < 4.78 is 36.6. The summed E-state index contributed by atoms with van der Waals surface area (Å²) in [6.07, 6.45) is 0. The van der Waals surface area contributed by atoms with Crippen molar-refractivity contribution < 1.29 is 23.0 Å². The van der Waals surface area contributed by atoms with Gasteiger partial charge in [-0.15, -0.1) is 0 Å². The van der Waals surface area contributed by atoms with Gasteiger partial charge in [0.25, 0.3) is 0 Å². The second-order valence-corrected chi connectivity index (χ2v) is 4.01. The number of benzene rings is 2. The van der Waals surface area contributed by atoms with Crippen molar-refractivity contribution >= 4 is 5.78 Å². The summed E-state index contributed by atoms with van der Waals surface area (Å²) in [5.41, 5.74) is -0.321. The minimum atomic E-state index is -0.769. The van der Waals surface area contributed by atoms with Gasteiger partial charge in [-0.25, -0.2) is 8.78 Å². The molecule has 0 heterocycles. The van der Waals surface area contributed by atoms with Crippen LogP contribution in [-0.2, 0) is 0 Å². The number of Topliss-reactive ketones (excluding diaryl/α,β-unsaturated/α-hetero) is 1. The molecule has 2 aromatic rings. The molecule has 0 fully saturated rings. The Labute approximate surface area is 114 Å². The fraction of sp³-hybridized carbons (Fsp3) is 0.133. The second-order valence-electron chi connectivity index (χ2n) is 4.01. The zero-order valence-corrected chi connectivity index (χ0v) is 10.7. The lowest BCUT2D eigenvalue weighted by molar-refractivity contribution is 0.0917. The van der Waals surface area contributed by atoms with Gasteiger partial charge in [-0.2, -0.15) is 0 Å². The number of hydrogen-bond donors (Lipinski definition) is 0. The number of carbonyl (C=O) groups is 1. The Morgan fingerprint density at radius 2 is 1.70 bits per heavy atom. The molecule has 0 radical (unpaired) electrons. The van der Waals surface area contributed by atoms with Crippen LogP contribution in [0.4, 0.5) is 8.78 Å². The third-order valence-electron chi connectivity index (χ3n) is 2.66. The lowest BCUT2D eigenvalue weighted by Gasteiger charge is -2.07. The molecule has 0 aromatic heterocycles. The smallest absolute Gasteiger partial charge is 0.203 e. The molecule has 5 heteroatoms.